The molecule has 0 aliphatic rings. The highest BCUT2D eigenvalue weighted by Gasteiger charge is 2.12. The monoisotopic (exact) mass is 311 g/mol. The van der Waals surface area contributed by atoms with E-state index in [0.717, 1.165) is 16.7 Å². The molecule has 5 nitrogen and oxygen atoms in total. The van der Waals surface area contributed by atoms with Gasteiger partial charge < -0.3 is 10.6 Å². The van der Waals surface area contributed by atoms with Crippen molar-refractivity contribution in [1.29, 1.82) is 0 Å². The Morgan fingerprint density at radius 2 is 1.65 bits per heavy atom. The number of pyridine rings is 1. The van der Waals surface area contributed by atoms with Crippen LogP contribution in [0.2, 0.25) is 0 Å². The third kappa shape index (κ3) is 4.39. The Hall–Kier alpha value is -2.69. The van der Waals surface area contributed by atoms with Gasteiger partial charge in [-0.3, -0.25) is 9.59 Å². The van der Waals surface area contributed by atoms with Crippen LogP contribution >= 0.6 is 0 Å². The van der Waals surface area contributed by atoms with E-state index in [1.807, 2.05) is 51.1 Å². The van der Waals surface area contributed by atoms with Crippen LogP contribution in [-0.2, 0) is 4.79 Å². The third-order valence-electron chi connectivity index (χ3n) is 3.61. The quantitative estimate of drug-likeness (QED) is 0.892. The number of benzene rings is 1. The number of rotatable bonds is 5. The molecule has 23 heavy (non-hydrogen) atoms. The van der Waals surface area contributed by atoms with Crippen LogP contribution in [0.4, 0.5) is 5.82 Å². The number of nitrogens with one attached hydrogen (secondary N) is 2. The summed E-state index contributed by atoms with van der Waals surface area (Å²) in [6.45, 7) is 5.96. The van der Waals surface area contributed by atoms with E-state index in [0.29, 0.717) is 11.4 Å². The summed E-state index contributed by atoms with van der Waals surface area (Å²) < 4.78 is 0. The number of anilines is 1. The van der Waals surface area contributed by atoms with E-state index in [4.69, 9.17) is 0 Å². The van der Waals surface area contributed by atoms with Gasteiger partial charge in [0.1, 0.15) is 5.82 Å². The summed E-state index contributed by atoms with van der Waals surface area (Å²) in [6, 6.07) is 9.42. The largest absolute Gasteiger partial charge is 0.352 e. The predicted octanol–water partition coefficient (Wildman–Crippen LogP) is 2.77. The fourth-order valence-corrected chi connectivity index (χ4v) is 2.36. The zero-order valence-electron chi connectivity index (χ0n) is 13.6. The van der Waals surface area contributed by atoms with Crippen LogP contribution in [0.5, 0.6) is 0 Å². The first kappa shape index (κ1) is 16.7. The Kier molecular flexibility index (Phi) is 5.46. The van der Waals surface area contributed by atoms with Gasteiger partial charge in [0.25, 0.3) is 5.91 Å². The molecule has 2 N–H and O–H groups in total. The number of nitrogens with zero attached hydrogens (tertiary/aromatic N) is 1. The Labute approximate surface area is 136 Å². The van der Waals surface area contributed by atoms with Crippen LogP contribution in [0, 0.1) is 20.8 Å². The molecule has 0 aliphatic heterocycles. The Morgan fingerprint density at radius 1 is 1.00 bits per heavy atom. The van der Waals surface area contributed by atoms with Gasteiger partial charge in [0.15, 0.2) is 0 Å². The van der Waals surface area contributed by atoms with Crippen molar-refractivity contribution in [1.82, 2.24) is 10.3 Å². The number of carbonyl (C=O) groups excluding carboxylic acids is 2. The van der Waals surface area contributed by atoms with Crippen molar-refractivity contribution in [2.45, 2.75) is 27.2 Å². The molecule has 0 unspecified atom stereocenters. The lowest BCUT2D eigenvalue weighted by atomic mass is 10.0. The molecule has 1 aromatic heterocycles. The van der Waals surface area contributed by atoms with Crippen LogP contribution in [0.1, 0.15) is 33.5 Å². The molecular formula is C18H21N3O2. The van der Waals surface area contributed by atoms with E-state index in [9.17, 15) is 9.59 Å². The summed E-state index contributed by atoms with van der Waals surface area (Å²) in [5.74, 6) is 0.231. The van der Waals surface area contributed by atoms with Gasteiger partial charge in [-0.25, -0.2) is 4.98 Å². The molecule has 0 fully saturated rings. The maximum absolute atomic E-state index is 12.2. The normalized spacial score (nSPS) is 10.2. The highest BCUT2D eigenvalue weighted by Crippen LogP contribution is 2.13. The zero-order valence-corrected chi connectivity index (χ0v) is 13.6. The van der Waals surface area contributed by atoms with Crippen molar-refractivity contribution < 1.29 is 9.59 Å². The molecule has 2 rings (SSSR count). The maximum atomic E-state index is 12.2. The topological polar surface area (TPSA) is 71.1 Å². The van der Waals surface area contributed by atoms with Gasteiger partial charge in [-0.15, -0.1) is 0 Å². The van der Waals surface area contributed by atoms with Crippen LogP contribution < -0.4 is 10.6 Å². The van der Waals surface area contributed by atoms with Crippen molar-refractivity contribution in [3.05, 3.63) is 58.8 Å². The minimum Gasteiger partial charge on any atom is -0.352 e. The molecule has 2 aromatic rings. The summed E-state index contributed by atoms with van der Waals surface area (Å²) in [5, 5.41) is 5.54. The van der Waals surface area contributed by atoms with Gasteiger partial charge >= 0.3 is 0 Å². The van der Waals surface area contributed by atoms with Crippen LogP contribution in [-0.4, -0.2) is 23.3 Å². The van der Waals surface area contributed by atoms with Crippen molar-refractivity contribution in [2.24, 2.45) is 0 Å². The van der Waals surface area contributed by atoms with E-state index in [2.05, 4.69) is 15.6 Å². The number of aromatic nitrogens is 1. The zero-order chi connectivity index (χ0) is 16.8. The summed E-state index contributed by atoms with van der Waals surface area (Å²) >= 11 is 0. The number of amides is 2. The van der Waals surface area contributed by atoms with Gasteiger partial charge in [0.05, 0.1) is 0 Å². The molecule has 0 aliphatic carbocycles. The second-order valence-corrected chi connectivity index (χ2v) is 5.49. The molecule has 1 heterocycles. The van der Waals surface area contributed by atoms with Gasteiger partial charge in [-0.2, -0.15) is 0 Å². The standard InChI is InChI=1S/C18H21N3O2/c1-12-6-4-7-13(2)16(12)18(23)20-11-9-15(22)21-17-14(3)8-5-10-19-17/h4-8,10H,9,11H2,1-3H3,(H,20,23)(H,19,21,22). The molecule has 0 saturated heterocycles. The molecule has 2 amide bonds. The number of carbonyl (C=O) groups is 2. The molecule has 0 radical (unpaired) electrons. The molecule has 5 heteroatoms. The van der Waals surface area contributed by atoms with E-state index < -0.39 is 0 Å². The highest BCUT2D eigenvalue weighted by molar-refractivity contribution is 5.97. The lowest BCUT2D eigenvalue weighted by Crippen LogP contribution is -2.29. The van der Waals surface area contributed by atoms with Crippen molar-refractivity contribution in [3.63, 3.8) is 0 Å². The first-order valence-electron chi connectivity index (χ1n) is 7.55. The number of hydrogen-bond acceptors (Lipinski definition) is 3. The summed E-state index contributed by atoms with van der Waals surface area (Å²) in [5.41, 5.74) is 3.43. The fourth-order valence-electron chi connectivity index (χ4n) is 2.36. The average molecular weight is 311 g/mol. The Bertz CT molecular complexity index is 706. The second kappa shape index (κ2) is 7.54. The summed E-state index contributed by atoms with van der Waals surface area (Å²) in [7, 11) is 0. The summed E-state index contributed by atoms with van der Waals surface area (Å²) in [6.07, 6.45) is 1.83. The van der Waals surface area contributed by atoms with Crippen molar-refractivity contribution in [2.75, 3.05) is 11.9 Å². The van der Waals surface area contributed by atoms with Gasteiger partial charge in [-0.1, -0.05) is 24.3 Å². The Balaban J connectivity index is 1.86. The maximum Gasteiger partial charge on any atom is 0.251 e. The van der Waals surface area contributed by atoms with E-state index in [1.165, 1.54) is 0 Å². The van der Waals surface area contributed by atoms with Gasteiger partial charge in [0.2, 0.25) is 5.91 Å². The van der Waals surface area contributed by atoms with Crippen molar-refractivity contribution >= 4 is 17.6 Å². The molecule has 1 aromatic carbocycles. The van der Waals surface area contributed by atoms with Gasteiger partial charge in [0, 0.05) is 24.7 Å². The lowest BCUT2D eigenvalue weighted by Gasteiger charge is -2.11. The SMILES string of the molecule is Cc1cccnc1NC(=O)CCNC(=O)c1c(C)cccc1C. The first-order chi connectivity index (χ1) is 11.0. The minimum absolute atomic E-state index is 0.151. The molecule has 0 saturated carbocycles. The Morgan fingerprint density at radius 3 is 2.30 bits per heavy atom. The second-order valence-electron chi connectivity index (χ2n) is 5.49. The minimum atomic E-state index is -0.173. The van der Waals surface area contributed by atoms with E-state index in [-0.39, 0.29) is 24.8 Å². The smallest absolute Gasteiger partial charge is 0.251 e. The fraction of sp³-hybridized carbons (Fsp3) is 0.278. The number of hydrogen-bond donors (Lipinski definition) is 2. The van der Waals surface area contributed by atoms with Crippen LogP contribution in [0.3, 0.4) is 0 Å². The molecule has 120 valence electrons. The highest BCUT2D eigenvalue weighted by atomic mass is 16.2. The molecular weight excluding hydrogens is 290 g/mol. The third-order valence-corrected chi connectivity index (χ3v) is 3.61. The molecule has 0 spiro atoms. The molecule has 0 bridgehead atoms. The van der Waals surface area contributed by atoms with Gasteiger partial charge in [-0.05, 0) is 43.5 Å². The van der Waals surface area contributed by atoms with Crippen LogP contribution in [0.25, 0.3) is 0 Å². The van der Waals surface area contributed by atoms with Crippen molar-refractivity contribution in [3.8, 4) is 0 Å². The van der Waals surface area contributed by atoms with E-state index >= 15 is 0 Å². The average Bonchev–Trinajstić information content (AvgIpc) is 2.49. The molecule has 0 atom stereocenters. The first-order valence-corrected chi connectivity index (χ1v) is 7.55. The van der Waals surface area contributed by atoms with E-state index in [1.54, 1.807) is 6.20 Å². The number of aryl methyl sites for hydroxylation is 3. The van der Waals surface area contributed by atoms with Crippen LogP contribution in [0.15, 0.2) is 36.5 Å². The summed E-state index contributed by atoms with van der Waals surface area (Å²) in [4.78, 5) is 28.3. The lowest BCUT2D eigenvalue weighted by molar-refractivity contribution is -0.116. The predicted molar refractivity (Wildman–Crippen MR) is 90.5 cm³/mol.